The lowest BCUT2D eigenvalue weighted by Gasteiger charge is -2.31. The average Bonchev–Trinajstić information content (AvgIpc) is 2.68. The van der Waals surface area contributed by atoms with Crippen LogP contribution in [0.5, 0.6) is 0 Å². The lowest BCUT2D eigenvalue weighted by Crippen LogP contribution is -2.41. The summed E-state index contributed by atoms with van der Waals surface area (Å²) >= 11 is 0. The van der Waals surface area contributed by atoms with E-state index in [1.54, 1.807) is 0 Å². The van der Waals surface area contributed by atoms with Crippen LogP contribution in [0.15, 0.2) is 42.5 Å². The van der Waals surface area contributed by atoms with Gasteiger partial charge in [-0.15, -0.1) is 0 Å². The molecule has 142 valence electrons. The van der Waals surface area contributed by atoms with E-state index in [9.17, 15) is 18.4 Å². The van der Waals surface area contributed by atoms with E-state index < -0.39 is 17.5 Å². The van der Waals surface area contributed by atoms with Gasteiger partial charge in [0.05, 0.1) is 5.56 Å². The Balaban J connectivity index is 1.59. The minimum atomic E-state index is -0.865. The summed E-state index contributed by atoms with van der Waals surface area (Å²) < 4.78 is 26.8. The number of para-hydroxylation sites is 1. The topological polar surface area (TPSA) is 49.4 Å². The van der Waals surface area contributed by atoms with Crippen molar-refractivity contribution in [2.45, 2.75) is 26.2 Å². The quantitative estimate of drug-likeness (QED) is 0.881. The number of carbonyl (C=O) groups excluding carboxylic acids is 2. The zero-order chi connectivity index (χ0) is 19.4. The molecule has 0 unspecified atom stereocenters. The first-order valence-electron chi connectivity index (χ1n) is 9.12. The third kappa shape index (κ3) is 4.32. The van der Waals surface area contributed by atoms with Crippen LogP contribution in [0.4, 0.5) is 14.5 Å². The number of rotatable bonds is 4. The Labute approximate surface area is 157 Å². The lowest BCUT2D eigenvalue weighted by molar-refractivity contribution is -0.121. The van der Waals surface area contributed by atoms with E-state index in [1.165, 1.54) is 4.90 Å². The van der Waals surface area contributed by atoms with Gasteiger partial charge in [0.25, 0.3) is 5.91 Å². The van der Waals surface area contributed by atoms with Gasteiger partial charge in [0.1, 0.15) is 11.6 Å². The molecule has 6 heteroatoms. The maximum atomic E-state index is 13.8. The summed E-state index contributed by atoms with van der Waals surface area (Å²) in [4.78, 5) is 26.5. The Morgan fingerprint density at radius 3 is 2.48 bits per heavy atom. The van der Waals surface area contributed by atoms with Crippen molar-refractivity contribution in [3.8, 4) is 0 Å². The molecule has 0 aromatic heterocycles. The van der Waals surface area contributed by atoms with Crippen molar-refractivity contribution in [3.05, 3.63) is 65.2 Å². The van der Waals surface area contributed by atoms with Crippen molar-refractivity contribution in [3.63, 3.8) is 0 Å². The fourth-order valence-corrected chi connectivity index (χ4v) is 3.36. The second-order valence-electron chi connectivity index (χ2n) is 6.69. The largest absolute Gasteiger partial charge is 0.339 e. The van der Waals surface area contributed by atoms with Crippen LogP contribution < -0.4 is 5.32 Å². The Hall–Kier alpha value is -2.76. The Morgan fingerprint density at radius 1 is 1.11 bits per heavy atom. The second kappa shape index (κ2) is 8.29. The fourth-order valence-electron chi connectivity index (χ4n) is 3.36. The van der Waals surface area contributed by atoms with Gasteiger partial charge in [0, 0.05) is 30.8 Å². The van der Waals surface area contributed by atoms with E-state index in [-0.39, 0.29) is 17.4 Å². The van der Waals surface area contributed by atoms with E-state index in [1.807, 2.05) is 31.2 Å². The molecular formula is C21H22F2N2O2. The second-order valence-corrected chi connectivity index (χ2v) is 6.69. The number of nitrogens with one attached hydrogen (secondary N) is 1. The van der Waals surface area contributed by atoms with E-state index in [4.69, 9.17) is 0 Å². The minimum Gasteiger partial charge on any atom is -0.339 e. The van der Waals surface area contributed by atoms with Gasteiger partial charge in [-0.3, -0.25) is 9.59 Å². The molecule has 0 saturated carbocycles. The summed E-state index contributed by atoms with van der Waals surface area (Å²) in [6, 6.07) is 10.6. The van der Waals surface area contributed by atoms with Gasteiger partial charge in [0.2, 0.25) is 5.91 Å². The van der Waals surface area contributed by atoms with Crippen molar-refractivity contribution in [1.82, 2.24) is 4.90 Å². The van der Waals surface area contributed by atoms with Gasteiger partial charge in [0.15, 0.2) is 0 Å². The number of hydrogen-bond donors (Lipinski definition) is 1. The number of amides is 2. The number of benzene rings is 2. The molecule has 2 aromatic carbocycles. The minimum absolute atomic E-state index is 0.0593. The van der Waals surface area contributed by atoms with Gasteiger partial charge < -0.3 is 10.2 Å². The molecule has 1 aliphatic heterocycles. The highest BCUT2D eigenvalue weighted by atomic mass is 19.1. The molecule has 0 aliphatic carbocycles. The number of carbonyl (C=O) groups is 2. The molecule has 27 heavy (non-hydrogen) atoms. The van der Waals surface area contributed by atoms with Crippen LogP contribution >= 0.6 is 0 Å². The smallest absolute Gasteiger partial charge is 0.256 e. The van der Waals surface area contributed by atoms with Gasteiger partial charge in [-0.1, -0.05) is 25.1 Å². The maximum absolute atomic E-state index is 13.8. The molecule has 1 heterocycles. The summed E-state index contributed by atoms with van der Waals surface area (Å²) in [7, 11) is 0. The molecule has 1 saturated heterocycles. The molecule has 0 spiro atoms. The van der Waals surface area contributed by atoms with Crippen molar-refractivity contribution >= 4 is 17.5 Å². The maximum Gasteiger partial charge on any atom is 0.256 e. The van der Waals surface area contributed by atoms with E-state index in [2.05, 4.69) is 5.32 Å². The number of anilines is 1. The summed E-state index contributed by atoms with van der Waals surface area (Å²) in [5, 5.41) is 2.98. The van der Waals surface area contributed by atoms with Crippen LogP contribution in [0.2, 0.25) is 0 Å². The number of nitrogens with zero attached hydrogens (tertiary/aromatic N) is 1. The van der Waals surface area contributed by atoms with E-state index in [0.29, 0.717) is 32.0 Å². The predicted molar refractivity (Wildman–Crippen MR) is 99.4 cm³/mol. The van der Waals surface area contributed by atoms with Crippen molar-refractivity contribution in [2.75, 3.05) is 18.4 Å². The normalized spacial score (nSPS) is 14.9. The number of halogens is 2. The lowest BCUT2D eigenvalue weighted by atomic mass is 9.95. The van der Waals surface area contributed by atoms with Crippen LogP contribution in [-0.2, 0) is 11.2 Å². The van der Waals surface area contributed by atoms with Crippen molar-refractivity contribution in [2.24, 2.45) is 5.92 Å². The average molecular weight is 372 g/mol. The summed E-state index contributed by atoms with van der Waals surface area (Å²) in [5.74, 6) is -2.31. The van der Waals surface area contributed by atoms with Gasteiger partial charge >= 0.3 is 0 Å². The van der Waals surface area contributed by atoms with Crippen molar-refractivity contribution in [1.29, 1.82) is 0 Å². The molecule has 1 aliphatic rings. The number of piperidine rings is 1. The molecule has 0 radical (unpaired) electrons. The number of aryl methyl sites for hydroxylation is 1. The highest BCUT2D eigenvalue weighted by Crippen LogP contribution is 2.23. The summed E-state index contributed by atoms with van der Waals surface area (Å²) in [6.45, 7) is 2.76. The monoisotopic (exact) mass is 372 g/mol. The SMILES string of the molecule is CCc1ccccc1NC(=O)C1CCN(C(=O)c2ccc(F)cc2F)CC1. The molecule has 2 amide bonds. The molecule has 0 atom stereocenters. The third-order valence-corrected chi connectivity index (χ3v) is 4.97. The first-order valence-corrected chi connectivity index (χ1v) is 9.12. The molecular weight excluding hydrogens is 350 g/mol. The first-order chi connectivity index (χ1) is 13.0. The molecule has 1 fully saturated rings. The van der Waals surface area contributed by atoms with Gasteiger partial charge in [-0.2, -0.15) is 0 Å². The van der Waals surface area contributed by atoms with Crippen LogP contribution in [-0.4, -0.2) is 29.8 Å². The molecule has 1 N–H and O–H groups in total. The molecule has 4 nitrogen and oxygen atoms in total. The van der Waals surface area contributed by atoms with E-state index >= 15 is 0 Å². The summed E-state index contributed by atoms with van der Waals surface area (Å²) in [6.07, 6.45) is 1.84. The standard InChI is InChI=1S/C21H22F2N2O2/c1-2-14-5-3-4-6-19(14)24-20(26)15-9-11-25(12-10-15)21(27)17-8-7-16(22)13-18(17)23/h3-8,13,15H,2,9-12H2,1H3,(H,24,26). The zero-order valence-electron chi connectivity index (χ0n) is 15.2. The number of hydrogen-bond acceptors (Lipinski definition) is 2. The van der Waals surface area contributed by atoms with E-state index in [0.717, 1.165) is 29.8 Å². The molecule has 0 bridgehead atoms. The highest BCUT2D eigenvalue weighted by Gasteiger charge is 2.29. The Bertz CT molecular complexity index is 846. The highest BCUT2D eigenvalue weighted by molar-refractivity contribution is 5.95. The van der Waals surface area contributed by atoms with Crippen molar-refractivity contribution < 1.29 is 18.4 Å². The van der Waals surface area contributed by atoms with Crippen LogP contribution in [0.1, 0.15) is 35.7 Å². The Morgan fingerprint density at radius 2 is 1.81 bits per heavy atom. The predicted octanol–water partition coefficient (Wildman–Crippen LogP) is 4.02. The third-order valence-electron chi connectivity index (χ3n) is 4.97. The van der Waals surface area contributed by atoms with Crippen LogP contribution in [0.3, 0.4) is 0 Å². The Kier molecular flexibility index (Phi) is 5.84. The summed E-state index contributed by atoms with van der Waals surface area (Å²) in [5.41, 5.74) is 1.75. The first kappa shape index (κ1) is 19.0. The molecule has 2 aromatic rings. The van der Waals surface area contributed by atoms with Crippen LogP contribution in [0.25, 0.3) is 0 Å². The fraction of sp³-hybridized carbons (Fsp3) is 0.333. The van der Waals surface area contributed by atoms with Gasteiger partial charge in [-0.25, -0.2) is 8.78 Å². The van der Waals surface area contributed by atoms with Crippen LogP contribution in [0, 0.1) is 17.6 Å². The zero-order valence-corrected chi connectivity index (χ0v) is 15.2. The number of likely N-dealkylation sites (tertiary alicyclic amines) is 1. The van der Waals surface area contributed by atoms with Gasteiger partial charge in [-0.05, 0) is 43.0 Å². The molecule has 3 rings (SSSR count).